The highest BCUT2D eigenvalue weighted by Crippen LogP contribution is 2.45. The minimum atomic E-state index is -3.00. The molecular formula is C26H28F4N5O2+. The first-order chi connectivity index (χ1) is 17.5. The number of carbonyl (C=O) groups is 1. The number of aryl methyl sites for hydroxylation is 1. The number of rotatable bonds is 5. The highest BCUT2D eigenvalue weighted by atomic mass is 19.3. The number of imidazole rings is 1. The molecule has 37 heavy (non-hydrogen) atoms. The lowest BCUT2D eigenvalue weighted by atomic mass is 9.72. The molecule has 196 valence electrons. The van der Waals surface area contributed by atoms with Crippen LogP contribution in [0.15, 0.2) is 48.9 Å². The molecule has 1 amide bonds. The van der Waals surface area contributed by atoms with Crippen molar-refractivity contribution in [3.63, 3.8) is 0 Å². The van der Waals surface area contributed by atoms with Gasteiger partial charge in [0.15, 0.2) is 5.82 Å². The number of likely N-dealkylation sites (tertiary alicyclic amines) is 1. The number of halogens is 4. The SMILES string of the molecule is C[C@@H](C(=O)Nc1cn2c(n1)CC[C@@H]2c1cc(F)cc(F)c1)N1CCC(F)(F)C(C)(c2cc[n+](O)cc2)C1. The Hall–Kier alpha value is -3.47. The molecule has 5 rings (SSSR count). The van der Waals surface area contributed by atoms with Gasteiger partial charge in [0.1, 0.15) is 17.5 Å². The lowest BCUT2D eigenvalue weighted by Gasteiger charge is -2.47. The number of anilines is 1. The zero-order valence-electron chi connectivity index (χ0n) is 20.5. The molecule has 1 fully saturated rings. The van der Waals surface area contributed by atoms with Gasteiger partial charge < -0.3 is 9.88 Å². The van der Waals surface area contributed by atoms with Crippen molar-refractivity contribution in [2.75, 3.05) is 18.4 Å². The van der Waals surface area contributed by atoms with E-state index in [4.69, 9.17) is 0 Å². The molecule has 2 aliphatic heterocycles. The number of pyridine rings is 1. The van der Waals surface area contributed by atoms with Crippen molar-refractivity contribution in [1.82, 2.24) is 14.5 Å². The monoisotopic (exact) mass is 518 g/mol. The van der Waals surface area contributed by atoms with Gasteiger partial charge in [0.05, 0.1) is 17.5 Å². The number of amides is 1. The van der Waals surface area contributed by atoms with E-state index in [1.165, 1.54) is 43.6 Å². The number of aromatic nitrogens is 3. The van der Waals surface area contributed by atoms with E-state index >= 15 is 8.78 Å². The van der Waals surface area contributed by atoms with Crippen molar-refractivity contribution in [2.24, 2.45) is 0 Å². The molecule has 3 aromatic rings. The normalized spacial score (nSPS) is 24.0. The van der Waals surface area contributed by atoms with Crippen LogP contribution in [0.2, 0.25) is 0 Å². The summed E-state index contributed by atoms with van der Waals surface area (Å²) in [7, 11) is 0. The van der Waals surface area contributed by atoms with Crippen molar-refractivity contribution in [1.29, 1.82) is 0 Å². The number of nitrogens with zero attached hydrogens (tertiary/aromatic N) is 4. The highest BCUT2D eigenvalue weighted by Gasteiger charge is 2.55. The number of alkyl halides is 2. The van der Waals surface area contributed by atoms with Gasteiger partial charge in [-0.25, -0.2) is 22.5 Å². The number of hydrogen-bond donors (Lipinski definition) is 2. The Kier molecular flexibility index (Phi) is 6.21. The molecule has 0 bridgehead atoms. The summed E-state index contributed by atoms with van der Waals surface area (Å²) >= 11 is 0. The first-order valence-corrected chi connectivity index (χ1v) is 12.1. The first kappa shape index (κ1) is 25.2. The van der Waals surface area contributed by atoms with Gasteiger partial charge in [0.2, 0.25) is 18.3 Å². The van der Waals surface area contributed by atoms with Crippen LogP contribution in [-0.2, 0) is 16.6 Å². The van der Waals surface area contributed by atoms with E-state index < -0.39 is 35.4 Å². The maximum Gasteiger partial charge on any atom is 0.259 e. The maximum absolute atomic E-state index is 15.1. The molecule has 0 spiro atoms. The standard InChI is InChI=1S/C26H27F4N5O2/c1-16(33-10-7-26(29,30)25(2,15-33)18-5-8-34(37)9-6-18)24(36)32-22-14-35-21(3-4-23(35)31-22)17-11-19(27)13-20(28)12-17/h5-6,8-9,11-14,16,21H,3-4,7,10,15H2,1-2H3,(H-,32,36,37)/p+1/t16-,21+,25?/m0/s1. The minimum absolute atomic E-state index is 0.0386. The quantitative estimate of drug-likeness (QED) is 0.306. The van der Waals surface area contributed by atoms with Gasteiger partial charge >= 0.3 is 0 Å². The zero-order chi connectivity index (χ0) is 26.5. The van der Waals surface area contributed by atoms with Crippen molar-refractivity contribution >= 4 is 11.7 Å². The lowest BCUT2D eigenvalue weighted by Crippen LogP contribution is -2.60. The van der Waals surface area contributed by atoms with E-state index in [0.717, 1.165) is 10.8 Å². The van der Waals surface area contributed by atoms with Gasteiger partial charge in [-0.15, -0.1) is 0 Å². The fraction of sp³-hybridized carbons (Fsp3) is 0.423. The zero-order valence-corrected chi connectivity index (χ0v) is 20.5. The van der Waals surface area contributed by atoms with Crippen LogP contribution in [0, 0.1) is 11.6 Å². The fourth-order valence-electron chi connectivity index (χ4n) is 5.42. The topological polar surface area (TPSA) is 74.3 Å². The molecule has 0 aliphatic carbocycles. The maximum atomic E-state index is 15.1. The predicted molar refractivity (Wildman–Crippen MR) is 125 cm³/mol. The van der Waals surface area contributed by atoms with Crippen molar-refractivity contribution in [2.45, 2.75) is 56.5 Å². The second kappa shape index (κ2) is 9.13. The third kappa shape index (κ3) is 4.56. The summed E-state index contributed by atoms with van der Waals surface area (Å²) in [5.41, 5.74) is -0.705. The molecule has 0 radical (unpaired) electrons. The van der Waals surface area contributed by atoms with E-state index in [0.29, 0.717) is 35.6 Å². The Bertz CT molecular complexity index is 1310. The molecule has 2 N–H and O–H groups in total. The van der Waals surface area contributed by atoms with E-state index in [1.54, 1.807) is 22.6 Å². The molecule has 3 atom stereocenters. The van der Waals surface area contributed by atoms with Crippen molar-refractivity contribution < 1.29 is 32.3 Å². The van der Waals surface area contributed by atoms with Gasteiger partial charge in [-0.1, -0.05) is 0 Å². The van der Waals surface area contributed by atoms with E-state index in [2.05, 4.69) is 10.3 Å². The molecule has 1 unspecified atom stereocenters. The Morgan fingerprint density at radius 3 is 2.57 bits per heavy atom. The van der Waals surface area contributed by atoms with E-state index in [1.807, 2.05) is 0 Å². The Balaban J connectivity index is 1.31. The smallest absolute Gasteiger partial charge is 0.259 e. The Labute approximate surface area is 211 Å². The number of carbonyl (C=O) groups excluding carboxylic acids is 1. The molecule has 2 aliphatic rings. The molecule has 0 saturated carbocycles. The molecule has 1 aromatic carbocycles. The second-order valence-electron chi connectivity index (χ2n) is 10.1. The van der Waals surface area contributed by atoms with Crippen LogP contribution in [0.1, 0.15) is 49.7 Å². The van der Waals surface area contributed by atoms with Crippen LogP contribution in [0.4, 0.5) is 23.4 Å². The van der Waals surface area contributed by atoms with Crippen LogP contribution in [-0.4, -0.2) is 50.6 Å². The summed E-state index contributed by atoms with van der Waals surface area (Å²) in [5.74, 6) is -3.72. The summed E-state index contributed by atoms with van der Waals surface area (Å²) < 4.78 is 60.3. The molecule has 11 heteroatoms. The van der Waals surface area contributed by atoms with Crippen LogP contribution in [0.5, 0.6) is 0 Å². The van der Waals surface area contributed by atoms with Gasteiger partial charge in [0, 0.05) is 55.1 Å². The van der Waals surface area contributed by atoms with Crippen molar-refractivity contribution in [3.8, 4) is 0 Å². The summed E-state index contributed by atoms with van der Waals surface area (Å²) in [6, 6.07) is 5.29. The van der Waals surface area contributed by atoms with Gasteiger partial charge in [0.25, 0.3) is 5.92 Å². The fourth-order valence-corrected chi connectivity index (χ4v) is 5.42. The Morgan fingerprint density at radius 1 is 1.22 bits per heavy atom. The summed E-state index contributed by atoms with van der Waals surface area (Å²) in [5, 5.41) is 12.3. The lowest BCUT2D eigenvalue weighted by molar-refractivity contribution is -0.904. The third-order valence-electron chi connectivity index (χ3n) is 7.72. The average Bonchev–Trinajstić information content (AvgIpc) is 3.40. The third-order valence-corrected chi connectivity index (χ3v) is 7.72. The molecular weight excluding hydrogens is 490 g/mol. The number of nitrogens with one attached hydrogen (secondary N) is 1. The number of hydrogen-bond acceptors (Lipinski definition) is 4. The van der Waals surface area contributed by atoms with Gasteiger partial charge in [-0.05, 0) is 43.5 Å². The largest absolute Gasteiger partial charge is 0.325 e. The average molecular weight is 519 g/mol. The van der Waals surface area contributed by atoms with E-state index in [-0.39, 0.29) is 25.0 Å². The van der Waals surface area contributed by atoms with Crippen LogP contribution >= 0.6 is 0 Å². The molecule has 4 heterocycles. The summed E-state index contributed by atoms with van der Waals surface area (Å²) in [4.78, 5) is 19.3. The number of benzene rings is 1. The second-order valence-corrected chi connectivity index (χ2v) is 10.1. The van der Waals surface area contributed by atoms with Gasteiger partial charge in [-0.3, -0.25) is 14.9 Å². The molecule has 7 nitrogen and oxygen atoms in total. The van der Waals surface area contributed by atoms with Crippen molar-refractivity contribution in [3.05, 3.63) is 77.5 Å². The van der Waals surface area contributed by atoms with Crippen LogP contribution in [0.3, 0.4) is 0 Å². The Morgan fingerprint density at radius 2 is 1.89 bits per heavy atom. The van der Waals surface area contributed by atoms with Crippen LogP contribution in [0.25, 0.3) is 0 Å². The molecule has 1 saturated heterocycles. The number of fused-ring (bicyclic) bond motifs is 1. The van der Waals surface area contributed by atoms with Gasteiger partial charge in [-0.2, -0.15) is 0 Å². The predicted octanol–water partition coefficient (Wildman–Crippen LogP) is 3.85. The summed E-state index contributed by atoms with van der Waals surface area (Å²) in [6.45, 7) is 3.11. The number of piperidine rings is 1. The first-order valence-electron chi connectivity index (χ1n) is 12.1. The minimum Gasteiger partial charge on any atom is -0.325 e. The summed E-state index contributed by atoms with van der Waals surface area (Å²) in [6.07, 6.45) is 5.04. The van der Waals surface area contributed by atoms with E-state index in [9.17, 15) is 18.8 Å². The highest BCUT2D eigenvalue weighted by molar-refractivity contribution is 5.93. The van der Waals surface area contributed by atoms with Crippen LogP contribution < -0.4 is 10.0 Å². The molecule has 2 aromatic heterocycles.